The number of rotatable bonds is 7. The first-order valence-corrected chi connectivity index (χ1v) is 11.1. The number of para-hydroxylation sites is 1. The topological polar surface area (TPSA) is 47.9 Å². The number of aromatic nitrogens is 3. The van der Waals surface area contributed by atoms with Crippen LogP contribution in [0.4, 0.5) is 0 Å². The lowest BCUT2D eigenvalue weighted by Crippen LogP contribution is -2.16. The van der Waals surface area contributed by atoms with Crippen LogP contribution in [0.25, 0.3) is 0 Å². The first-order valence-electron chi connectivity index (χ1n) is 10.2. The van der Waals surface area contributed by atoms with Gasteiger partial charge in [-0.15, -0.1) is 21.5 Å². The van der Waals surface area contributed by atoms with Gasteiger partial charge in [-0.3, -0.25) is 0 Å². The van der Waals surface area contributed by atoms with Crippen molar-refractivity contribution in [1.82, 2.24) is 15.2 Å². The normalized spacial score (nSPS) is 12.2. The van der Waals surface area contributed by atoms with E-state index in [0.29, 0.717) is 12.3 Å². The van der Waals surface area contributed by atoms with Crippen molar-refractivity contribution < 1.29 is 4.74 Å². The van der Waals surface area contributed by atoms with Gasteiger partial charge < -0.3 is 4.74 Å². The van der Waals surface area contributed by atoms with E-state index in [-0.39, 0.29) is 10.8 Å². The zero-order chi connectivity index (χ0) is 21.1. The molecule has 0 N–H and O–H groups in total. The average Bonchev–Trinajstić information content (AvgIpc) is 3.12. The number of ether oxygens (including phenoxy) is 1. The van der Waals surface area contributed by atoms with Crippen molar-refractivity contribution in [3.8, 4) is 11.6 Å². The van der Waals surface area contributed by atoms with Crippen LogP contribution in [0.2, 0.25) is 0 Å². The molecule has 0 amide bonds. The van der Waals surface area contributed by atoms with Gasteiger partial charge in [0, 0.05) is 29.2 Å². The number of hydrogen-bond acceptors (Lipinski definition) is 5. The summed E-state index contributed by atoms with van der Waals surface area (Å²) in [5.74, 6) is 1.48. The predicted molar refractivity (Wildman–Crippen MR) is 120 cm³/mol. The van der Waals surface area contributed by atoms with Crippen molar-refractivity contribution >= 4 is 11.3 Å². The molecular weight excluding hydrogens is 378 g/mol. The van der Waals surface area contributed by atoms with E-state index in [1.54, 1.807) is 17.5 Å². The molecular formula is C24H31N3OS. The Bertz CT molecular complexity index is 957. The smallest absolute Gasteiger partial charge is 0.222 e. The van der Waals surface area contributed by atoms with Crippen molar-refractivity contribution in [3.05, 3.63) is 63.7 Å². The summed E-state index contributed by atoms with van der Waals surface area (Å²) in [5.41, 5.74) is 2.23. The summed E-state index contributed by atoms with van der Waals surface area (Å²) in [6.45, 7) is 13.3. The van der Waals surface area contributed by atoms with Crippen LogP contribution in [0.5, 0.6) is 11.6 Å². The summed E-state index contributed by atoms with van der Waals surface area (Å²) in [6.07, 6.45) is 4.68. The molecule has 4 nitrogen and oxygen atoms in total. The molecule has 1 aromatic carbocycles. The Kier molecular flexibility index (Phi) is 6.37. The Labute approximate surface area is 178 Å². The Hall–Kier alpha value is -2.27. The van der Waals surface area contributed by atoms with Gasteiger partial charge in [0.15, 0.2) is 0 Å². The highest BCUT2D eigenvalue weighted by Crippen LogP contribution is 2.35. The largest absolute Gasteiger partial charge is 0.438 e. The first-order chi connectivity index (χ1) is 13.7. The van der Waals surface area contributed by atoms with Crippen molar-refractivity contribution in [2.24, 2.45) is 0 Å². The van der Waals surface area contributed by atoms with Gasteiger partial charge in [0.2, 0.25) is 5.88 Å². The number of nitrogens with zero attached hydrogens (tertiary/aromatic N) is 3. The molecule has 29 heavy (non-hydrogen) atoms. The van der Waals surface area contributed by atoms with Crippen LogP contribution < -0.4 is 4.74 Å². The van der Waals surface area contributed by atoms with Gasteiger partial charge in [0.1, 0.15) is 15.8 Å². The van der Waals surface area contributed by atoms with Crippen molar-refractivity contribution in [3.63, 3.8) is 0 Å². The van der Waals surface area contributed by atoms with Crippen LogP contribution >= 0.6 is 11.3 Å². The van der Waals surface area contributed by atoms with Gasteiger partial charge in [-0.2, -0.15) is 0 Å². The van der Waals surface area contributed by atoms with E-state index in [2.05, 4.69) is 68.9 Å². The molecule has 0 unspecified atom stereocenters. The van der Waals surface area contributed by atoms with Gasteiger partial charge in [-0.1, -0.05) is 72.2 Å². The Morgan fingerprint density at radius 1 is 0.966 bits per heavy atom. The zero-order valence-electron chi connectivity index (χ0n) is 18.3. The van der Waals surface area contributed by atoms with Gasteiger partial charge in [-0.25, -0.2) is 4.98 Å². The number of pyridine rings is 1. The first kappa shape index (κ1) is 21.4. The summed E-state index contributed by atoms with van der Waals surface area (Å²) in [5, 5.41) is 11.0. The highest BCUT2D eigenvalue weighted by atomic mass is 32.1. The molecule has 0 radical (unpaired) electrons. The molecule has 0 aliphatic heterocycles. The molecule has 154 valence electrons. The Morgan fingerprint density at radius 3 is 2.45 bits per heavy atom. The maximum atomic E-state index is 6.30. The van der Waals surface area contributed by atoms with E-state index in [1.165, 1.54) is 0 Å². The van der Waals surface area contributed by atoms with Crippen LogP contribution in [0.1, 0.15) is 75.5 Å². The lowest BCUT2D eigenvalue weighted by Gasteiger charge is -2.22. The van der Waals surface area contributed by atoms with Gasteiger partial charge in [0.25, 0.3) is 0 Å². The van der Waals surface area contributed by atoms with Crippen LogP contribution in [0.3, 0.4) is 0 Å². The summed E-state index contributed by atoms with van der Waals surface area (Å²) in [6, 6.07) is 12.2. The molecule has 0 atom stereocenters. The SMILES string of the molecule is CCCC(C)(C)c1nnc(Cc2cccnc2Oc2ccccc2C(C)(C)C)s1. The van der Waals surface area contributed by atoms with Crippen molar-refractivity contribution in [2.45, 2.75) is 71.6 Å². The quantitative estimate of drug-likeness (QED) is 0.436. The molecule has 0 aliphatic rings. The lowest BCUT2D eigenvalue weighted by atomic mass is 9.86. The van der Waals surface area contributed by atoms with Crippen LogP contribution in [0, 0.1) is 0 Å². The van der Waals surface area contributed by atoms with Crippen molar-refractivity contribution in [2.75, 3.05) is 0 Å². The zero-order valence-corrected chi connectivity index (χ0v) is 19.1. The summed E-state index contributed by atoms with van der Waals surface area (Å²) in [7, 11) is 0. The third-order valence-corrected chi connectivity index (χ3v) is 6.30. The highest BCUT2D eigenvalue weighted by molar-refractivity contribution is 7.11. The van der Waals surface area contributed by atoms with Gasteiger partial charge in [-0.05, 0) is 24.0 Å². The maximum Gasteiger partial charge on any atom is 0.222 e. The highest BCUT2D eigenvalue weighted by Gasteiger charge is 2.25. The molecule has 0 spiro atoms. The fourth-order valence-corrected chi connectivity index (χ4v) is 4.42. The number of benzene rings is 1. The predicted octanol–water partition coefficient (Wildman–Crippen LogP) is 6.69. The molecule has 3 rings (SSSR count). The lowest BCUT2D eigenvalue weighted by molar-refractivity contribution is 0.435. The fourth-order valence-electron chi connectivity index (χ4n) is 3.42. The molecule has 0 saturated carbocycles. The third kappa shape index (κ3) is 5.21. The second-order valence-corrected chi connectivity index (χ2v) is 10.2. The molecule has 0 bridgehead atoms. The van der Waals surface area contributed by atoms with E-state index >= 15 is 0 Å². The molecule has 3 aromatic rings. The second kappa shape index (κ2) is 8.62. The standard InChI is InChI=1S/C24H31N3OS/c1-7-14-24(5,6)22-27-26-20(29-22)16-17-11-10-15-25-21(17)28-19-13-9-8-12-18(19)23(2,3)4/h8-13,15H,7,14,16H2,1-6H3. The minimum Gasteiger partial charge on any atom is -0.438 e. The Morgan fingerprint density at radius 2 is 1.72 bits per heavy atom. The van der Waals surface area contributed by atoms with Crippen LogP contribution in [0.15, 0.2) is 42.6 Å². The third-order valence-electron chi connectivity index (χ3n) is 5.01. The van der Waals surface area contributed by atoms with Crippen LogP contribution in [-0.2, 0) is 17.3 Å². The summed E-state index contributed by atoms with van der Waals surface area (Å²) >= 11 is 1.69. The molecule has 2 heterocycles. The van der Waals surface area contributed by atoms with E-state index in [0.717, 1.165) is 39.7 Å². The summed E-state index contributed by atoms with van der Waals surface area (Å²) in [4.78, 5) is 4.51. The van der Waals surface area contributed by atoms with Crippen molar-refractivity contribution in [1.29, 1.82) is 0 Å². The maximum absolute atomic E-state index is 6.30. The van der Waals surface area contributed by atoms with E-state index in [9.17, 15) is 0 Å². The monoisotopic (exact) mass is 409 g/mol. The fraction of sp³-hybridized carbons (Fsp3) is 0.458. The molecule has 0 fully saturated rings. The minimum absolute atomic E-state index is 0.00940. The van der Waals surface area contributed by atoms with E-state index in [4.69, 9.17) is 4.74 Å². The molecule has 5 heteroatoms. The van der Waals surface area contributed by atoms with Crippen LogP contribution in [-0.4, -0.2) is 15.2 Å². The van der Waals surface area contributed by atoms with Gasteiger partial charge in [0.05, 0.1) is 0 Å². The molecule has 0 aliphatic carbocycles. The van der Waals surface area contributed by atoms with E-state index < -0.39 is 0 Å². The average molecular weight is 410 g/mol. The Balaban J connectivity index is 1.86. The van der Waals surface area contributed by atoms with Gasteiger partial charge >= 0.3 is 0 Å². The molecule has 2 aromatic heterocycles. The second-order valence-electron chi connectivity index (χ2n) is 9.13. The summed E-state index contributed by atoms with van der Waals surface area (Å²) < 4.78 is 6.30. The van der Waals surface area contributed by atoms with E-state index in [1.807, 2.05) is 24.3 Å². The number of hydrogen-bond donors (Lipinski definition) is 0. The minimum atomic E-state index is -0.00940. The molecule has 0 saturated heterocycles.